The first kappa shape index (κ1) is 25.5. The Labute approximate surface area is 200 Å². The highest BCUT2D eigenvalue weighted by Gasteiger charge is 2.13. The number of hydrogen-bond acceptors (Lipinski definition) is 2. The maximum Gasteiger partial charge on any atom is 0.119 e. The smallest absolute Gasteiger partial charge is 0.119 e. The number of nitrogens with zero attached hydrogens (tertiary/aromatic N) is 1. The van der Waals surface area contributed by atoms with E-state index < -0.39 is 0 Å². The minimum absolute atomic E-state index is 0. The third-order valence-electron chi connectivity index (χ3n) is 5.76. The van der Waals surface area contributed by atoms with E-state index in [9.17, 15) is 0 Å². The van der Waals surface area contributed by atoms with E-state index >= 15 is 0 Å². The summed E-state index contributed by atoms with van der Waals surface area (Å²) >= 11 is 0. The van der Waals surface area contributed by atoms with Crippen LogP contribution in [-0.2, 0) is 12.8 Å². The molecule has 0 saturated heterocycles. The Kier molecular flexibility index (Phi) is 10.9. The van der Waals surface area contributed by atoms with E-state index in [1.165, 1.54) is 24.0 Å². The van der Waals surface area contributed by atoms with Crippen molar-refractivity contribution >= 4 is 12.4 Å². The van der Waals surface area contributed by atoms with Gasteiger partial charge in [0.1, 0.15) is 5.75 Å². The summed E-state index contributed by atoms with van der Waals surface area (Å²) in [6, 6.07) is 27.5. The second-order valence-corrected chi connectivity index (χ2v) is 8.12. The van der Waals surface area contributed by atoms with Crippen molar-refractivity contribution in [3.05, 3.63) is 101 Å². The highest BCUT2D eigenvalue weighted by Crippen LogP contribution is 2.20. The van der Waals surface area contributed by atoms with Gasteiger partial charge in [-0.15, -0.1) is 12.4 Å². The minimum Gasteiger partial charge on any atom is -0.497 e. The first-order chi connectivity index (χ1) is 15.2. The predicted molar refractivity (Wildman–Crippen MR) is 138 cm³/mol. The Balaban J connectivity index is 0.00000363. The molecule has 0 aliphatic rings. The minimum atomic E-state index is 0. The molecule has 3 aromatic carbocycles. The average molecular weight is 448 g/mol. The quantitative estimate of drug-likeness (QED) is 0.278. The summed E-state index contributed by atoms with van der Waals surface area (Å²) in [5.41, 5.74) is 4.78. The summed E-state index contributed by atoms with van der Waals surface area (Å²) in [4.78, 5) is 2.46. The highest BCUT2D eigenvalue weighted by molar-refractivity contribution is 5.85. The number of unbranched alkanes of at least 4 members (excludes halogenated alkanes) is 1. The molecule has 0 aromatic heterocycles. The fraction of sp³-hybridized carbons (Fsp3) is 0.310. The van der Waals surface area contributed by atoms with Gasteiger partial charge in [-0.2, -0.15) is 0 Å². The zero-order valence-electron chi connectivity index (χ0n) is 19.4. The Morgan fingerprint density at radius 1 is 0.875 bits per heavy atom. The Morgan fingerprint density at radius 3 is 2.25 bits per heavy atom. The van der Waals surface area contributed by atoms with E-state index in [2.05, 4.69) is 73.2 Å². The van der Waals surface area contributed by atoms with Gasteiger partial charge in [0.15, 0.2) is 0 Å². The molecule has 3 rings (SSSR count). The number of aryl methyl sites for hydroxylation is 1. The molecule has 2 nitrogen and oxygen atoms in total. The van der Waals surface area contributed by atoms with Gasteiger partial charge in [0.05, 0.1) is 7.11 Å². The van der Waals surface area contributed by atoms with E-state index in [0.717, 1.165) is 36.3 Å². The van der Waals surface area contributed by atoms with Gasteiger partial charge in [-0.05, 0) is 87.7 Å². The van der Waals surface area contributed by atoms with E-state index in [-0.39, 0.29) is 12.4 Å². The molecule has 0 saturated carbocycles. The van der Waals surface area contributed by atoms with Gasteiger partial charge < -0.3 is 9.64 Å². The third kappa shape index (κ3) is 8.08. The molecule has 32 heavy (non-hydrogen) atoms. The van der Waals surface area contributed by atoms with Crippen LogP contribution >= 0.6 is 12.4 Å². The summed E-state index contributed by atoms with van der Waals surface area (Å²) in [5.74, 6) is 7.55. The van der Waals surface area contributed by atoms with Gasteiger partial charge in [0, 0.05) is 17.2 Å². The van der Waals surface area contributed by atoms with Crippen LogP contribution in [0.3, 0.4) is 0 Å². The normalized spacial score (nSPS) is 11.2. The number of halogens is 1. The van der Waals surface area contributed by atoms with E-state index in [1.54, 1.807) is 7.11 Å². The van der Waals surface area contributed by atoms with Crippen LogP contribution in [0.5, 0.6) is 5.75 Å². The molecule has 3 heteroatoms. The molecule has 0 spiro atoms. The van der Waals surface area contributed by atoms with Crippen molar-refractivity contribution in [1.82, 2.24) is 4.90 Å². The molecule has 0 aliphatic heterocycles. The van der Waals surface area contributed by atoms with Crippen molar-refractivity contribution in [2.24, 2.45) is 0 Å². The number of hydrogen-bond donors (Lipinski definition) is 0. The zero-order valence-corrected chi connectivity index (χ0v) is 20.2. The van der Waals surface area contributed by atoms with E-state index in [4.69, 9.17) is 4.74 Å². The lowest BCUT2D eigenvalue weighted by Gasteiger charge is -2.25. The van der Waals surface area contributed by atoms with Gasteiger partial charge in [-0.1, -0.05) is 60.4 Å². The first-order valence-electron chi connectivity index (χ1n) is 11.1. The van der Waals surface area contributed by atoms with E-state index in [1.807, 2.05) is 36.4 Å². The van der Waals surface area contributed by atoms with Gasteiger partial charge in [-0.3, -0.25) is 0 Å². The van der Waals surface area contributed by atoms with Gasteiger partial charge in [0.2, 0.25) is 0 Å². The van der Waals surface area contributed by atoms with Gasteiger partial charge in [-0.25, -0.2) is 0 Å². The molecule has 168 valence electrons. The maximum atomic E-state index is 5.47. The van der Waals surface area contributed by atoms with Crippen molar-refractivity contribution in [2.75, 3.05) is 20.7 Å². The number of methoxy groups -OCH3 is 1. The van der Waals surface area contributed by atoms with Crippen LogP contribution in [0.4, 0.5) is 0 Å². The first-order valence-corrected chi connectivity index (χ1v) is 11.1. The standard InChI is InChI=1S/C29H33NO.ClH/c1-24(30(2)21-11-10-16-25-12-6-4-7-13-25)22-28-23-29(31-3)20-19-27(28)18-17-26-14-8-5-9-15-26;/h4-9,12-15,19-20,23-24H,10-11,16,21-22H2,1-3H3;1H. The molecule has 3 aromatic rings. The van der Waals surface area contributed by atoms with Crippen molar-refractivity contribution < 1.29 is 4.74 Å². The Morgan fingerprint density at radius 2 is 1.56 bits per heavy atom. The summed E-state index contributed by atoms with van der Waals surface area (Å²) in [7, 11) is 3.94. The Bertz CT molecular complexity index is 992. The second-order valence-electron chi connectivity index (χ2n) is 8.12. The molecule has 0 aliphatic carbocycles. The third-order valence-corrected chi connectivity index (χ3v) is 5.76. The summed E-state index contributed by atoms with van der Waals surface area (Å²) in [6.07, 6.45) is 4.52. The topological polar surface area (TPSA) is 12.5 Å². The summed E-state index contributed by atoms with van der Waals surface area (Å²) < 4.78 is 5.47. The molecule has 0 bridgehead atoms. The van der Waals surface area contributed by atoms with Gasteiger partial charge in [0.25, 0.3) is 0 Å². The predicted octanol–water partition coefficient (Wildman–Crippen LogP) is 6.40. The lowest BCUT2D eigenvalue weighted by molar-refractivity contribution is 0.251. The van der Waals surface area contributed by atoms with Crippen molar-refractivity contribution in [1.29, 1.82) is 0 Å². The largest absolute Gasteiger partial charge is 0.497 e. The van der Waals surface area contributed by atoms with Crippen LogP contribution < -0.4 is 4.74 Å². The number of benzene rings is 3. The van der Waals surface area contributed by atoms with Crippen LogP contribution in [0, 0.1) is 11.8 Å². The van der Waals surface area contributed by atoms with Crippen molar-refractivity contribution in [3.8, 4) is 17.6 Å². The molecular weight excluding hydrogens is 414 g/mol. The average Bonchev–Trinajstić information content (AvgIpc) is 2.82. The van der Waals surface area contributed by atoms with Crippen LogP contribution in [-0.4, -0.2) is 31.6 Å². The fourth-order valence-electron chi connectivity index (χ4n) is 3.68. The lowest BCUT2D eigenvalue weighted by Crippen LogP contribution is -2.32. The molecule has 1 unspecified atom stereocenters. The SMILES string of the molecule is COc1ccc(C#Cc2ccccc2)c(CC(C)N(C)CCCCc2ccccc2)c1.Cl. The lowest BCUT2D eigenvalue weighted by atomic mass is 9.99. The summed E-state index contributed by atoms with van der Waals surface area (Å²) in [6.45, 7) is 3.40. The number of likely N-dealkylation sites (N-methyl/N-ethyl adjacent to an activating group) is 1. The molecule has 0 amide bonds. The van der Waals surface area contributed by atoms with Crippen LogP contribution in [0.15, 0.2) is 78.9 Å². The molecular formula is C29H34ClNO. The molecule has 0 N–H and O–H groups in total. The summed E-state index contributed by atoms with van der Waals surface area (Å²) in [5, 5.41) is 0. The monoisotopic (exact) mass is 447 g/mol. The van der Waals surface area contributed by atoms with Crippen molar-refractivity contribution in [2.45, 2.75) is 38.6 Å². The van der Waals surface area contributed by atoms with Crippen LogP contribution in [0.1, 0.15) is 42.0 Å². The molecule has 0 heterocycles. The molecule has 1 atom stereocenters. The Hall–Kier alpha value is -2.73. The number of rotatable bonds is 9. The zero-order chi connectivity index (χ0) is 21.9. The van der Waals surface area contributed by atoms with Gasteiger partial charge >= 0.3 is 0 Å². The van der Waals surface area contributed by atoms with Crippen molar-refractivity contribution in [3.63, 3.8) is 0 Å². The second kappa shape index (κ2) is 13.6. The number of ether oxygens (including phenoxy) is 1. The van der Waals surface area contributed by atoms with E-state index in [0.29, 0.717) is 6.04 Å². The van der Waals surface area contributed by atoms with Crippen LogP contribution in [0.25, 0.3) is 0 Å². The van der Waals surface area contributed by atoms with Crippen LogP contribution in [0.2, 0.25) is 0 Å². The molecule has 0 radical (unpaired) electrons. The molecule has 0 fully saturated rings. The highest BCUT2D eigenvalue weighted by atomic mass is 35.5. The fourth-order valence-corrected chi connectivity index (χ4v) is 3.68. The maximum absolute atomic E-state index is 5.47.